The van der Waals surface area contributed by atoms with Gasteiger partial charge < -0.3 is 14.2 Å². The van der Waals surface area contributed by atoms with Crippen molar-refractivity contribution in [2.75, 3.05) is 9.80 Å². The molecule has 0 saturated heterocycles. The zero-order valence-corrected chi connectivity index (χ0v) is 39.1. The molecule has 4 heteroatoms. The van der Waals surface area contributed by atoms with Crippen molar-refractivity contribution >= 4 is 85.3 Å². The molecule has 2 heterocycles. The SMILES string of the molecule is CC1(C)c2ccccc2-c2ccc(N(c3ccccc3)c3ccc4c(c3)[Si](C)(C)c3cccc5c(-c6ccc(N(c7ccccc7)c7cccc8c7oc7ccccc78)cc6)ccc-4c35)cc21. The highest BCUT2D eigenvalue weighted by atomic mass is 28.3. The van der Waals surface area contributed by atoms with Crippen LogP contribution >= 0.6 is 0 Å². The molecule has 0 atom stereocenters. The lowest BCUT2D eigenvalue weighted by Gasteiger charge is -2.36. The minimum atomic E-state index is -2.22. The highest BCUT2D eigenvalue weighted by Gasteiger charge is 2.38. The van der Waals surface area contributed by atoms with Crippen LogP contribution in [-0.4, -0.2) is 8.07 Å². The molecule has 0 saturated carbocycles. The molecule has 3 nitrogen and oxygen atoms in total. The first kappa shape index (κ1) is 39.4. The van der Waals surface area contributed by atoms with Crippen LogP contribution in [0.15, 0.2) is 223 Å². The van der Waals surface area contributed by atoms with Crippen molar-refractivity contribution in [3.63, 3.8) is 0 Å². The molecule has 10 aromatic carbocycles. The monoisotopic (exact) mass is 876 g/mol. The summed E-state index contributed by atoms with van der Waals surface area (Å²) in [6.45, 7) is 9.81. The lowest BCUT2D eigenvalue weighted by molar-refractivity contribution is 0.660. The number of nitrogens with zero attached hydrogens (tertiary/aromatic N) is 2. The van der Waals surface area contributed by atoms with Crippen LogP contribution in [0.2, 0.25) is 13.1 Å². The molecular formula is C63H48N2OSi. The lowest BCUT2D eigenvalue weighted by Crippen LogP contribution is -2.56. The minimum absolute atomic E-state index is 0.0910. The van der Waals surface area contributed by atoms with Gasteiger partial charge in [0.2, 0.25) is 0 Å². The highest BCUT2D eigenvalue weighted by molar-refractivity contribution is 7.03. The summed E-state index contributed by atoms with van der Waals surface area (Å²) in [5.41, 5.74) is 18.9. The second-order valence-electron chi connectivity index (χ2n) is 19.3. The van der Waals surface area contributed by atoms with E-state index in [9.17, 15) is 0 Å². The van der Waals surface area contributed by atoms with Gasteiger partial charge in [-0.05, 0) is 138 Å². The molecule has 1 aliphatic heterocycles. The van der Waals surface area contributed by atoms with Crippen molar-refractivity contribution in [1.82, 2.24) is 0 Å². The van der Waals surface area contributed by atoms with Gasteiger partial charge in [-0.3, -0.25) is 0 Å². The summed E-state index contributed by atoms with van der Waals surface area (Å²) >= 11 is 0. The van der Waals surface area contributed by atoms with Crippen molar-refractivity contribution in [2.45, 2.75) is 32.4 Å². The maximum absolute atomic E-state index is 6.58. The van der Waals surface area contributed by atoms with E-state index in [1.807, 2.05) is 6.07 Å². The quantitative estimate of drug-likeness (QED) is 0.149. The lowest BCUT2D eigenvalue weighted by atomic mass is 9.82. The number of benzene rings is 10. The molecule has 0 spiro atoms. The van der Waals surface area contributed by atoms with Gasteiger partial charge in [-0.2, -0.15) is 0 Å². The molecule has 0 N–H and O–H groups in total. The van der Waals surface area contributed by atoms with Crippen LogP contribution in [0.5, 0.6) is 0 Å². The Balaban J connectivity index is 0.904. The van der Waals surface area contributed by atoms with Gasteiger partial charge in [0.05, 0.1) is 5.69 Å². The molecule has 0 fully saturated rings. The topological polar surface area (TPSA) is 19.6 Å². The van der Waals surface area contributed by atoms with Crippen LogP contribution < -0.4 is 20.2 Å². The molecule has 67 heavy (non-hydrogen) atoms. The van der Waals surface area contributed by atoms with Gasteiger partial charge >= 0.3 is 0 Å². The molecule has 2 aliphatic rings. The third-order valence-corrected chi connectivity index (χ3v) is 18.4. The fraction of sp³-hybridized carbons (Fsp3) is 0.0794. The Hall–Kier alpha value is -7.92. The molecule has 1 aliphatic carbocycles. The highest BCUT2D eigenvalue weighted by Crippen LogP contribution is 2.51. The van der Waals surface area contributed by atoms with Gasteiger partial charge in [0.25, 0.3) is 0 Å². The van der Waals surface area contributed by atoms with E-state index in [-0.39, 0.29) is 5.41 Å². The smallest absolute Gasteiger partial charge is 0.159 e. The maximum Gasteiger partial charge on any atom is 0.159 e. The summed E-state index contributed by atoms with van der Waals surface area (Å²) in [5, 5.41) is 7.89. The van der Waals surface area contributed by atoms with Gasteiger partial charge in [-0.1, -0.05) is 173 Å². The third-order valence-electron chi connectivity index (χ3n) is 14.9. The van der Waals surface area contributed by atoms with Crippen LogP contribution in [0.4, 0.5) is 34.1 Å². The molecule has 0 unspecified atom stereocenters. The Morgan fingerprint density at radius 2 is 0.955 bits per heavy atom. The number of rotatable bonds is 7. The van der Waals surface area contributed by atoms with E-state index in [0.717, 1.165) is 44.7 Å². The van der Waals surface area contributed by atoms with Gasteiger partial charge in [0, 0.05) is 44.6 Å². The predicted molar refractivity (Wildman–Crippen MR) is 286 cm³/mol. The first-order valence-corrected chi connectivity index (χ1v) is 26.4. The Kier molecular flexibility index (Phi) is 8.71. The van der Waals surface area contributed by atoms with Gasteiger partial charge in [0.1, 0.15) is 13.7 Å². The van der Waals surface area contributed by atoms with E-state index in [2.05, 4.69) is 249 Å². The first-order chi connectivity index (χ1) is 32.8. The Bertz CT molecular complexity index is 3760. The standard InChI is InChI=1S/C63H48N2OSi/c1-63(2)55-25-13-11-21-48(55)49-35-33-45(39-56(49)63)64(42-17-7-5-8-18-42)46-34-36-51-53-38-37-47(52-23-16-28-59(61(52)53)67(3,4)60(51)40-46)41-29-31-44(32-30-41)65(43-19-9-6-10-20-43)57-26-15-24-54-50-22-12-14-27-58(50)66-62(54)57/h5-40H,1-4H3. The summed E-state index contributed by atoms with van der Waals surface area (Å²) in [7, 11) is -2.22. The Morgan fingerprint density at radius 1 is 0.388 bits per heavy atom. The fourth-order valence-electron chi connectivity index (χ4n) is 11.5. The van der Waals surface area contributed by atoms with Gasteiger partial charge in [0.15, 0.2) is 5.58 Å². The van der Waals surface area contributed by atoms with E-state index < -0.39 is 8.07 Å². The van der Waals surface area contributed by atoms with E-state index in [1.54, 1.807) is 0 Å². The maximum atomic E-state index is 6.58. The third kappa shape index (κ3) is 5.96. The number of furan rings is 1. The molecule has 13 rings (SSSR count). The van der Waals surface area contributed by atoms with E-state index in [0.29, 0.717) is 0 Å². The normalized spacial score (nSPS) is 13.9. The molecule has 1 aromatic heterocycles. The van der Waals surface area contributed by atoms with Crippen LogP contribution in [0.1, 0.15) is 25.0 Å². The van der Waals surface area contributed by atoms with Gasteiger partial charge in [-0.15, -0.1) is 0 Å². The molecule has 11 aromatic rings. The van der Waals surface area contributed by atoms with Crippen LogP contribution in [0, 0.1) is 0 Å². The fourth-order valence-corrected chi connectivity index (χ4v) is 14.6. The largest absolute Gasteiger partial charge is 0.454 e. The molecule has 0 bridgehead atoms. The summed E-state index contributed by atoms with van der Waals surface area (Å²) in [6.07, 6.45) is 0. The molecule has 0 radical (unpaired) electrons. The summed E-state index contributed by atoms with van der Waals surface area (Å²) < 4.78 is 6.58. The Morgan fingerprint density at radius 3 is 1.75 bits per heavy atom. The van der Waals surface area contributed by atoms with Crippen LogP contribution in [0.25, 0.3) is 66.1 Å². The second kappa shape index (κ2) is 14.8. The number of anilines is 6. The molecule has 320 valence electrons. The average Bonchev–Trinajstić information content (AvgIpc) is 3.86. The van der Waals surface area contributed by atoms with Crippen molar-refractivity contribution in [3.8, 4) is 33.4 Å². The molecule has 0 amide bonds. The zero-order valence-electron chi connectivity index (χ0n) is 38.1. The van der Waals surface area contributed by atoms with Crippen LogP contribution in [-0.2, 0) is 5.41 Å². The minimum Gasteiger partial charge on any atom is -0.454 e. The van der Waals surface area contributed by atoms with E-state index in [1.165, 1.54) is 77.0 Å². The summed E-state index contributed by atoms with van der Waals surface area (Å²) in [4.78, 5) is 4.78. The number of hydrogen-bond acceptors (Lipinski definition) is 3. The Labute approximate surface area is 392 Å². The van der Waals surface area contributed by atoms with Crippen molar-refractivity contribution in [1.29, 1.82) is 0 Å². The first-order valence-electron chi connectivity index (χ1n) is 23.4. The summed E-state index contributed by atoms with van der Waals surface area (Å²) in [6, 6.07) is 80.4. The second-order valence-corrected chi connectivity index (χ2v) is 23.6. The number of hydrogen-bond donors (Lipinski definition) is 0. The number of para-hydroxylation sites is 4. The van der Waals surface area contributed by atoms with Crippen molar-refractivity contribution in [3.05, 3.63) is 230 Å². The van der Waals surface area contributed by atoms with E-state index in [4.69, 9.17) is 4.42 Å². The van der Waals surface area contributed by atoms with Crippen molar-refractivity contribution in [2.24, 2.45) is 0 Å². The number of fused-ring (bicyclic) bond motifs is 8. The average molecular weight is 877 g/mol. The van der Waals surface area contributed by atoms with Crippen molar-refractivity contribution < 1.29 is 4.42 Å². The predicted octanol–water partition coefficient (Wildman–Crippen LogP) is 16.5. The summed E-state index contributed by atoms with van der Waals surface area (Å²) in [5.74, 6) is 0. The molecular weight excluding hydrogens is 829 g/mol. The van der Waals surface area contributed by atoms with E-state index >= 15 is 0 Å². The zero-order chi connectivity index (χ0) is 45.0. The van der Waals surface area contributed by atoms with Gasteiger partial charge in [-0.25, -0.2) is 0 Å². The van der Waals surface area contributed by atoms with Crippen LogP contribution in [0.3, 0.4) is 0 Å².